The number of aromatic nitrogens is 2. The van der Waals surface area contributed by atoms with E-state index in [2.05, 4.69) is 4.98 Å². The molecule has 0 aliphatic carbocycles. The maximum atomic E-state index is 14.1. The summed E-state index contributed by atoms with van der Waals surface area (Å²) in [5, 5.41) is 8.83. The van der Waals surface area contributed by atoms with Crippen molar-refractivity contribution in [3.8, 4) is 0 Å². The second-order valence-corrected chi connectivity index (χ2v) is 3.69. The van der Waals surface area contributed by atoms with Gasteiger partial charge in [0.1, 0.15) is 5.82 Å². The molecule has 0 saturated carbocycles. The third-order valence-electron chi connectivity index (χ3n) is 2.51. The fraction of sp³-hybridized carbons (Fsp3) is 0.167. The van der Waals surface area contributed by atoms with E-state index in [0.717, 1.165) is 0 Å². The highest BCUT2D eigenvalue weighted by Crippen LogP contribution is 2.24. The fourth-order valence-electron chi connectivity index (χ4n) is 1.60. The van der Waals surface area contributed by atoms with E-state index in [0.29, 0.717) is 5.56 Å². The molecule has 1 unspecified atom stereocenters. The third-order valence-corrected chi connectivity index (χ3v) is 2.51. The van der Waals surface area contributed by atoms with Crippen molar-refractivity contribution >= 4 is 5.97 Å². The summed E-state index contributed by atoms with van der Waals surface area (Å²) in [6.45, 7) is 0. The van der Waals surface area contributed by atoms with E-state index in [-0.39, 0.29) is 11.4 Å². The number of aryl methyl sites for hydroxylation is 1. The van der Waals surface area contributed by atoms with Crippen LogP contribution in [0.1, 0.15) is 27.9 Å². The normalized spacial score (nSPS) is 12.4. The molecule has 88 valence electrons. The highest BCUT2D eigenvalue weighted by molar-refractivity contribution is 5.87. The van der Waals surface area contributed by atoms with Crippen LogP contribution in [0.4, 0.5) is 4.39 Å². The van der Waals surface area contributed by atoms with Crippen molar-refractivity contribution in [1.29, 1.82) is 0 Å². The molecule has 2 aromatic rings. The summed E-state index contributed by atoms with van der Waals surface area (Å²) >= 11 is 0. The number of rotatable bonds is 3. The number of aromatic carboxylic acids is 1. The minimum Gasteiger partial charge on any atom is -0.478 e. The SMILES string of the molecule is Cn1ccnc1C(F)c1cccc(C(=O)O)c1. The molecule has 0 amide bonds. The van der Waals surface area contributed by atoms with Crippen molar-refractivity contribution in [3.63, 3.8) is 0 Å². The fourth-order valence-corrected chi connectivity index (χ4v) is 1.60. The van der Waals surface area contributed by atoms with Crippen LogP contribution >= 0.6 is 0 Å². The Labute approximate surface area is 97.3 Å². The second-order valence-electron chi connectivity index (χ2n) is 3.69. The molecule has 5 heteroatoms. The van der Waals surface area contributed by atoms with Crippen LogP contribution in [0, 0.1) is 0 Å². The number of hydrogen-bond donors (Lipinski definition) is 1. The van der Waals surface area contributed by atoms with Gasteiger partial charge in [0.25, 0.3) is 0 Å². The van der Waals surface area contributed by atoms with Crippen molar-refractivity contribution in [2.24, 2.45) is 7.05 Å². The number of carboxylic acid groups (broad SMARTS) is 1. The zero-order chi connectivity index (χ0) is 12.4. The van der Waals surface area contributed by atoms with Crippen LogP contribution in [0.5, 0.6) is 0 Å². The van der Waals surface area contributed by atoms with Gasteiger partial charge in [0, 0.05) is 19.4 Å². The lowest BCUT2D eigenvalue weighted by Crippen LogP contribution is -2.04. The van der Waals surface area contributed by atoms with Crippen LogP contribution in [0.2, 0.25) is 0 Å². The van der Waals surface area contributed by atoms with Crippen LogP contribution in [0.25, 0.3) is 0 Å². The summed E-state index contributed by atoms with van der Waals surface area (Å²) in [6.07, 6.45) is 1.72. The van der Waals surface area contributed by atoms with Gasteiger partial charge >= 0.3 is 5.97 Å². The summed E-state index contributed by atoms with van der Waals surface area (Å²) in [5.41, 5.74) is 0.360. The first kappa shape index (κ1) is 11.3. The van der Waals surface area contributed by atoms with Gasteiger partial charge in [-0.25, -0.2) is 14.2 Å². The Morgan fingerprint density at radius 2 is 2.29 bits per heavy atom. The number of benzene rings is 1. The van der Waals surface area contributed by atoms with Crippen LogP contribution in [-0.2, 0) is 7.05 Å². The lowest BCUT2D eigenvalue weighted by molar-refractivity contribution is 0.0696. The Kier molecular flexibility index (Phi) is 2.91. The van der Waals surface area contributed by atoms with Gasteiger partial charge in [0.2, 0.25) is 0 Å². The number of hydrogen-bond acceptors (Lipinski definition) is 2. The van der Waals surface area contributed by atoms with Gasteiger partial charge in [-0.2, -0.15) is 0 Å². The number of halogens is 1. The van der Waals surface area contributed by atoms with Gasteiger partial charge in [0.15, 0.2) is 6.17 Å². The zero-order valence-electron chi connectivity index (χ0n) is 9.17. The Morgan fingerprint density at radius 3 is 2.88 bits per heavy atom. The largest absolute Gasteiger partial charge is 0.478 e. The van der Waals surface area contributed by atoms with E-state index in [9.17, 15) is 9.18 Å². The molecule has 1 atom stereocenters. The van der Waals surface area contributed by atoms with Gasteiger partial charge in [-0.3, -0.25) is 0 Å². The van der Waals surface area contributed by atoms with Crippen LogP contribution in [-0.4, -0.2) is 20.6 Å². The lowest BCUT2D eigenvalue weighted by Gasteiger charge is -2.09. The van der Waals surface area contributed by atoms with Gasteiger partial charge < -0.3 is 9.67 Å². The van der Waals surface area contributed by atoms with Crippen molar-refractivity contribution < 1.29 is 14.3 Å². The predicted molar refractivity (Wildman–Crippen MR) is 59.6 cm³/mol. The van der Waals surface area contributed by atoms with E-state index in [1.54, 1.807) is 23.9 Å². The average molecular weight is 234 g/mol. The standard InChI is InChI=1S/C12H11FN2O2/c1-15-6-5-14-11(15)10(13)8-3-2-4-9(7-8)12(16)17/h2-7,10H,1H3,(H,16,17). The maximum Gasteiger partial charge on any atom is 0.335 e. The third kappa shape index (κ3) is 2.18. The smallest absolute Gasteiger partial charge is 0.335 e. The molecule has 0 spiro atoms. The van der Waals surface area contributed by atoms with Crippen LogP contribution < -0.4 is 0 Å². The molecule has 17 heavy (non-hydrogen) atoms. The Balaban J connectivity index is 2.37. The number of nitrogens with zero attached hydrogens (tertiary/aromatic N) is 2. The summed E-state index contributed by atoms with van der Waals surface area (Å²) < 4.78 is 15.7. The van der Waals surface area contributed by atoms with Gasteiger partial charge in [-0.1, -0.05) is 12.1 Å². The van der Waals surface area contributed by atoms with Crippen LogP contribution in [0.3, 0.4) is 0 Å². The molecule has 2 rings (SSSR count). The quantitative estimate of drug-likeness (QED) is 0.885. The van der Waals surface area contributed by atoms with E-state index in [1.807, 2.05) is 0 Å². The number of imidazole rings is 1. The predicted octanol–water partition coefficient (Wildman–Crippen LogP) is 2.18. The Bertz CT molecular complexity index is 551. The first-order valence-corrected chi connectivity index (χ1v) is 5.04. The molecular weight excluding hydrogens is 223 g/mol. The van der Waals surface area contributed by atoms with E-state index < -0.39 is 12.1 Å². The first-order chi connectivity index (χ1) is 8.09. The lowest BCUT2D eigenvalue weighted by atomic mass is 10.1. The molecule has 1 N–H and O–H groups in total. The Morgan fingerprint density at radius 1 is 1.53 bits per heavy atom. The van der Waals surface area contributed by atoms with Crippen molar-refractivity contribution in [2.45, 2.75) is 6.17 Å². The zero-order valence-corrected chi connectivity index (χ0v) is 9.17. The molecular formula is C12H11FN2O2. The number of carbonyl (C=O) groups is 1. The van der Waals surface area contributed by atoms with Crippen molar-refractivity contribution in [1.82, 2.24) is 9.55 Å². The second kappa shape index (κ2) is 4.37. The molecule has 0 radical (unpaired) electrons. The van der Waals surface area contributed by atoms with E-state index >= 15 is 0 Å². The highest BCUT2D eigenvalue weighted by Gasteiger charge is 2.18. The highest BCUT2D eigenvalue weighted by atomic mass is 19.1. The molecule has 1 aromatic carbocycles. The first-order valence-electron chi connectivity index (χ1n) is 5.04. The summed E-state index contributed by atoms with van der Waals surface area (Å²) in [5.74, 6) is -0.813. The average Bonchev–Trinajstić information content (AvgIpc) is 2.74. The van der Waals surface area contributed by atoms with Gasteiger partial charge in [-0.05, 0) is 17.7 Å². The van der Waals surface area contributed by atoms with Crippen LogP contribution in [0.15, 0.2) is 36.7 Å². The number of alkyl halides is 1. The molecule has 0 fully saturated rings. The Hall–Kier alpha value is -2.17. The van der Waals surface area contributed by atoms with Gasteiger partial charge in [-0.15, -0.1) is 0 Å². The van der Waals surface area contributed by atoms with Crippen molar-refractivity contribution in [2.75, 3.05) is 0 Å². The van der Waals surface area contributed by atoms with E-state index in [1.165, 1.54) is 24.4 Å². The number of carboxylic acids is 1. The molecule has 0 bridgehead atoms. The molecule has 0 saturated heterocycles. The molecule has 0 aliphatic rings. The van der Waals surface area contributed by atoms with Gasteiger partial charge in [0.05, 0.1) is 5.56 Å². The topological polar surface area (TPSA) is 55.1 Å². The summed E-state index contributed by atoms with van der Waals surface area (Å²) in [6, 6.07) is 5.82. The monoisotopic (exact) mass is 234 g/mol. The maximum absolute atomic E-state index is 14.1. The minimum absolute atomic E-state index is 0.0689. The summed E-state index contributed by atoms with van der Waals surface area (Å²) in [4.78, 5) is 14.7. The van der Waals surface area contributed by atoms with Crippen molar-refractivity contribution in [3.05, 3.63) is 53.6 Å². The summed E-state index contributed by atoms with van der Waals surface area (Å²) in [7, 11) is 1.69. The molecule has 1 aromatic heterocycles. The van der Waals surface area contributed by atoms with E-state index in [4.69, 9.17) is 5.11 Å². The molecule has 4 nitrogen and oxygen atoms in total. The minimum atomic E-state index is -1.42. The molecule has 1 heterocycles. The molecule has 0 aliphatic heterocycles.